The summed E-state index contributed by atoms with van der Waals surface area (Å²) >= 11 is 0. The lowest BCUT2D eigenvalue weighted by atomic mass is 10.0. The van der Waals surface area contributed by atoms with Crippen LogP contribution in [-0.2, 0) is 11.2 Å². The monoisotopic (exact) mass is 207 g/mol. The van der Waals surface area contributed by atoms with E-state index in [-0.39, 0.29) is 0 Å². The lowest BCUT2D eigenvalue weighted by molar-refractivity contribution is -0.139. The molecule has 0 radical (unpaired) electrons. The predicted octanol–water partition coefficient (Wildman–Crippen LogP) is 1.98. The van der Waals surface area contributed by atoms with E-state index < -0.39 is 12.0 Å². The van der Waals surface area contributed by atoms with E-state index in [1.165, 1.54) is 5.56 Å². The van der Waals surface area contributed by atoms with Gasteiger partial charge in [0.05, 0.1) is 0 Å². The third-order valence-electron chi connectivity index (χ3n) is 2.38. The highest BCUT2D eigenvalue weighted by atomic mass is 16.4. The van der Waals surface area contributed by atoms with E-state index in [2.05, 4.69) is 12.2 Å². The fourth-order valence-corrected chi connectivity index (χ4v) is 1.50. The second-order valence-electron chi connectivity index (χ2n) is 3.42. The molecular formula is C12H17NO2. The largest absolute Gasteiger partial charge is 0.480 e. The second-order valence-corrected chi connectivity index (χ2v) is 3.42. The van der Waals surface area contributed by atoms with Crippen molar-refractivity contribution in [1.29, 1.82) is 0 Å². The van der Waals surface area contributed by atoms with Gasteiger partial charge in [-0.2, -0.15) is 0 Å². The molecule has 0 aliphatic rings. The van der Waals surface area contributed by atoms with Crippen LogP contribution in [0.4, 0.5) is 0 Å². The Morgan fingerprint density at radius 1 is 1.33 bits per heavy atom. The number of nitrogens with one attached hydrogen (secondary N) is 1. The van der Waals surface area contributed by atoms with Gasteiger partial charge in [0.25, 0.3) is 0 Å². The van der Waals surface area contributed by atoms with Crippen LogP contribution in [0, 0.1) is 0 Å². The molecule has 0 aromatic heterocycles. The molecule has 1 aromatic carbocycles. The van der Waals surface area contributed by atoms with Crippen molar-refractivity contribution in [2.45, 2.75) is 26.3 Å². The van der Waals surface area contributed by atoms with Crippen molar-refractivity contribution in [2.24, 2.45) is 0 Å². The van der Waals surface area contributed by atoms with Crippen molar-refractivity contribution in [3.8, 4) is 0 Å². The molecule has 0 aliphatic heterocycles. The summed E-state index contributed by atoms with van der Waals surface area (Å²) in [5.74, 6) is -0.832. The van der Waals surface area contributed by atoms with Crippen molar-refractivity contribution in [3.63, 3.8) is 0 Å². The average molecular weight is 207 g/mol. The minimum atomic E-state index is -0.832. The molecule has 0 fully saturated rings. The molecule has 0 saturated carbocycles. The number of carboxylic acids is 1. The van der Waals surface area contributed by atoms with E-state index in [1.807, 2.05) is 31.2 Å². The quantitative estimate of drug-likeness (QED) is 0.776. The maximum Gasteiger partial charge on any atom is 0.325 e. The van der Waals surface area contributed by atoms with Crippen LogP contribution in [0.2, 0.25) is 0 Å². The maximum atomic E-state index is 11.0. The van der Waals surface area contributed by atoms with Crippen molar-refractivity contribution >= 4 is 5.97 Å². The van der Waals surface area contributed by atoms with Gasteiger partial charge in [-0.05, 0) is 24.1 Å². The molecule has 1 aromatic rings. The third-order valence-corrected chi connectivity index (χ3v) is 2.38. The van der Waals surface area contributed by atoms with Crippen LogP contribution in [0.3, 0.4) is 0 Å². The van der Waals surface area contributed by atoms with Gasteiger partial charge >= 0.3 is 5.97 Å². The number of aryl methyl sites for hydroxylation is 1. The Bertz CT molecular complexity index is 319. The first-order valence-corrected chi connectivity index (χ1v) is 5.24. The van der Waals surface area contributed by atoms with Crippen molar-refractivity contribution in [3.05, 3.63) is 35.4 Å². The van der Waals surface area contributed by atoms with Gasteiger partial charge in [-0.3, -0.25) is 4.79 Å². The summed E-state index contributed by atoms with van der Waals surface area (Å²) in [7, 11) is 0. The number of carbonyl (C=O) groups is 1. The molecule has 2 N–H and O–H groups in total. The van der Waals surface area contributed by atoms with Crippen LogP contribution in [0.5, 0.6) is 0 Å². The number of hydrogen-bond donors (Lipinski definition) is 2. The molecule has 0 heterocycles. The Kier molecular flexibility index (Phi) is 4.31. The summed E-state index contributed by atoms with van der Waals surface area (Å²) in [5, 5.41) is 12.0. The first kappa shape index (κ1) is 11.7. The zero-order valence-electron chi connectivity index (χ0n) is 9.16. The van der Waals surface area contributed by atoms with Crippen LogP contribution in [0.15, 0.2) is 24.3 Å². The van der Waals surface area contributed by atoms with Gasteiger partial charge in [-0.15, -0.1) is 0 Å². The minimum Gasteiger partial charge on any atom is -0.480 e. The lowest BCUT2D eigenvalue weighted by Crippen LogP contribution is -2.28. The zero-order valence-corrected chi connectivity index (χ0v) is 9.16. The van der Waals surface area contributed by atoms with E-state index in [4.69, 9.17) is 5.11 Å². The summed E-state index contributed by atoms with van der Waals surface area (Å²) in [6.07, 6.45) is 0.971. The van der Waals surface area contributed by atoms with Gasteiger partial charge in [0.1, 0.15) is 6.04 Å². The van der Waals surface area contributed by atoms with Gasteiger partial charge in [0.15, 0.2) is 0 Å². The molecule has 1 rings (SSSR count). The third kappa shape index (κ3) is 3.06. The first-order chi connectivity index (χ1) is 7.19. The molecule has 0 bridgehead atoms. The molecule has 3 nitrogen and oxygen atoms in total. The van der Waals surface area contributed by atoms with Crippen LogP contribution >= 0.6 is 0 Å². The highest BCUT2D eigenvalue weighted by molar-refractivity contribution is 5.75. The van der Waals surface area contributed by atoms with E-state index in [0.717, 1.165) is 12.0 Å². The van der Waals surface area contributed by atoms with Gasteiger partial charge in [-0.25, -0.2) is 0 Å². The van der Waals surface area contributed by atoms with E-state index >= 15 is 0 Å². The van der Waals surface area contributed by atoms with Gasteiger partial charge in [0, 0.05) is 0 Å². The summed E-state index contributed by atoms with van der Waals surface area (Å²) in [6.45, 7) is 4.62. The topological polar surface area (TPSA) is 49.3 Å². The van der Waals surface area contributed by atoms with Gasteiger partial charge in [0.2, 0.25) is 0 Å². The number of aliphatic carboxylic acids is 1. The van der Waals surface area contributed by atoms with Crippen molar-refractivity contribution in [2.75, 3.05) is 6.54 Å². The summed E-state index contributed by atoms with van der Waals surface area (Å²) in [4.78, 5) is 11.0. The standard InChI is InChI=1S/C12H17NO2/c1-3-9-5-7-10(8-6-9)11(12(14)15)13-4-2/h5-8,11,13H,3-4H2,1-2H3,(H,14,15). The fourth-order valence-electron chi connectivity index (χ4n) is 1.50. The molecule has 1 unspecified atom stereocenters. The molecule has 0 saturated heterocycles. The van der Waals surface area contributed by atoms with Crippen LogP contribution in [0.1, 0.15) is 31.0 Å². The molecular weight excluding hydrogens is 190 g/mol. The average Bonchev–Trinajstić information content (AvgIpc) is 2.26. The highest BCUT2D eigenvalue weighted by Crippen LogP contribution is 2.14. The highest BCUT2D eigenvalue weighted by Gasteiger charge is 2.17. The number of carboxylic acid groups (broad SMARTS) is 1. The molecule has 1 atom stereocenters. The Labute approximate surface area is 90.1 Å². The number of hydrogen-bond acceptors (Lipinski definition) is 2. The van der Waals surface area contributed by atoms with E-state index in [1.54, 1.807) is 0 Å². The van der Waals surface area contributed by atoms with E-state index in [9.17, 15) is 4.79 Å². The molecule has 3 heteroatoms. The fraction of sp³-hybridized carbons (Fsp3) is 0.417. The normalized spacial score (nSPS) is 12.4. The van der Waals surface area contributed by atoms with Gasteiger partial charge in [-0.1, -0.05) is 38.1 Å². The van der Waals surface area contributed by atoms with Crippen molar-refractivity contribution in [1.82, 2.24) is 5.32 Å². The zero-order chi connectivity index (χ0) is 11.3. The SMILES string of the molecule is CCNC(C(=O)O)c1ccc(CC)cc1. The van der Waals surface area contributed by atoms with E-state index in [0.29, 0.717) is 6.54 Å². The van der Waals surface area contributed by atoms with Crippen molar-refractivity contribution < 1.29 is 9.90 Å². The first-order valence-electron chi connectivity index (χ1n) is 5.24. The Balaban J connectivity index is 2.86. The predicted molar refractivity (Wildman–Crippen MR) is 59.9 cm³/mol. The smallest absolute Gasteiger partial charge is 0.325 e. The van der Waals surface area contributed by atoms with Crippen LogP contribution in [0.25, 0.3) is 0 Å². The summed E-state index contributed by atoms with van der Waals surface area (Å²) in [5.41, 5.74) is 2.03. The molecule has 82 valence electrons. The molecule has 0 amide bonds. The molecule has 15 heavy (non-hydrogen) atoms. The number of benzene rings is 1. The molecule has 0 aliphatic carbocycles. The maximum absolute atomic E-state index is 11.0. The number of rotatable bonds is 5. The number of likely N-dealkylation sites (N-methyl/N-ethyl adjacent to an activating group) is 1. The Morgan fingerprint density at radius 2 is 1.93 bits per heavy atom. The molecule has 0 spiro atoms. The second kappa shape index (κ2) is 5.51. The summed E-state index contributed by atoms with van der Waals surface area (Å²) < 4.78 is 0. The van der Waals surface area contributed by atoms with Crippen LogP contribution in [-0.4, -0.2) is 17.6 Å². The van der Waals surface area contributed by atoms with Crippen LogP contribution < -0.4 is 5.32 Å². The Morgan fingerprint density at radius 3 is 2.33 bits per heavy atom. The Hall–Kier alpha value is -1.35. The summed E-state index contributed by atoms with van der Waals surface area (Å²) in [6, 6.07) is 7.10. The lowest BCUT2D eigenvalue weighted by Gasteiger charge is -2.13. The minimum absolute atomic E-state index is 0.596. The van der Waals surface area contributed by atoms with Gasteiger partial charge < -0.3 is 10.4 Å².